The van der Waals surface area contributed by atoms with E-state index < -0.39 is 0 Å². The van der Waals surface area contributed by atoms with Crippen LogP contribution in [0.4, 0.5) is 0 Å². The molecule has 2 atom stereocenters. The molecule has 184 valence electrons. The molecule has 35 heavy (non-hydrogen) atoms. The van der Waals surface area contributed by atoms with Crippen molar-refractivity contribution in [2.24, 2.45) is 0 Å². The zero-order chi connectivity index (χ0) is 24.5. The maximum absolute atomic E-state index is 13.1. The number of rotatable bonds is 7. The van der Waals surface area contributed by atoms with Gasteiger partial charge in [-0.3, -0.25) is 14.5 Å². The van der Waals surface area contributed by atoms with E-state index in [-0.39, 0.29) is 23.9 Å². The molecule has 3 aromatic rings. The average Bonchev–Trinajstić information content (AvgIpc) is 3.54. The highest BCUT2D eigenvalue weighted by Crippen LogP contribution is 2.25. The van der Waals surface area contributed by atoms with Crippen molar-refractivity contribution in [2.75, 3.05) is 33.2 Å². The van der Waals surface area contributed by atoms with E-state index in [2.05, 4.69) is 37.4 Å². The molecule has 2 aliphatic rings. The lowest BCUT2D eigenvalue weighted by Crippen LogP contribution is -2.51. The molecular formula is C24H27ClN6O3S. The van der Waals surface area contributed by atoms with Gasteiger partial charge in [0.25, 0.3) is 11.8 Å². The number of hydrogen-bond acceptors (Lipinski definition) is 7. The number of amides is 2. The first-order valence-electron chi connectivity index (χ1n) is 11.6. The summed E-state index contributed by atoms with van der Waals surface area (Å²) in [6.45, 7) is 3.39. The zero-order valence-corrected chi connectivity index (χ0v) is 20.9. The molecule has 9 nitrogen and oxygen atoms in total. The SMILES string of the molecule is CN1CCc2nc(C(=O)N[C@@H]3CN(CCC=O)C[C@H]3NC(=O)c3cc4cc(Cl)ccc4[nH]3)sc2C1. The van der Waals surface area contributed by atoms with Crippen molar-refractivity contribution in [3.8, 4) is 0 Å². The Morgan fingerprint density at radius 1 is 1.23 bits per heavy atom. The summed E-state index contributed by atoms with van der Waals surface area (Å²) >= 11 is 7.50. The van der Waals surface area contributed by atoms with Crippen LogP contribution < -0.4 is 10.6 Å². The number of carbonyl (C=O) groups is 3. The van der Waals surface area contributed by atoms with Crippen LogP contribution in [0.1, 0.15) is 37.3 Å². The molecule has 0 aliphatic carbocycles. The fourth-order valence-electron chi connectivity index (χ4n) is 4.72. The van der Waals surface area contributed by atoms with Crippen LogP contribution in [0.2, 0.25) is 5.02 Å². The summed E-state index contributed by atoms with van der Waals surface area (Å²) in [6, 6.07) is 6.55. The number of aromatic amines is 1. The predicted molar refractivity (Wildman–Crippen MR) is 135 cm³/mol. The molecule has 1 fully saturated rings. The third kappa shape index (κ3) is 5.25. The van der Waals surface area contributed by atoms with Crippen LogP contribution in [0.15, 0.2) is 24.3 Å². The Morgan fingerprint density at radius 2 is 2.00 bits per heavy atom. The lowest BCUT2D eigenvalue weighted by Gasteiger charge is -2.20. The second-order valence-corrected chi connectivity index (χ2v) is 10.7. The van der Waals surface area contributed by atoms with Crippen molar-refractivity contribution in [3.63, 3.8) is 0 Å². The highest BCUT2D eigenvalue weighted by atomic mass is 35.5. The van der Waals surface area contributed by atoms with E-state index >= 15 is 0 Å². The minimum absolute atomic E-state index is 0.228. The largest absolute Gasteiger partial charge is 0.351 e. The van der Waals surface area contributed by atoms with Gasteiger partial charge >= 0.3 is 0 Å². The maximum atomic E-state index is 13.1. The third-order valence-corrected chi connectivity index (χ3v) is 7.85. The molecule has 2 aromatic heterocycles. The smallest absolute Gasteiger partial charge is 0.280 e. The number of hydrogen-bond donors (Lipinski definition) is 3. The van der Waals surface area contributed by atoms with Crippen LogP contribution in [0.3, 0.4) is 0 Å². The van der Waals surface area contributed by atoms with Gasteiger partial charge in [-0.05, 0) is 31.3 Å². The summed E-state index contributed by atoms with van der Waals surface area (Å²) < 4.78 is 0. The van der Waals surface area contributed by atoms with Crippen LogP contribution in [-0.2, 0) is 17.8 Å². The molecular weight excluding hydrogens is 488 g/mol. The lowest BCUT2D eigenvalue weighted by molar-refractivity contribution is -0.108. The number of aldehydes is 1. The number of fused-ring (bicyclic) bond motifs is 2. The molecule has 0 radical (unpaired) electrons. The maximum Gasteiger partial charge on any atom is 0.280 e. The lowest BCUT2D eigenvalue weighted by atomic mass is 10.1. The van der Waals surface area contributed by atoms with Crippen molar-refractivity contribution in [2.45, 2.75) is 31.5 Å². The zero-order valence-electron chi connectivity index (χ0n) is 19.3. The molecule has 1 saturated heterocycles. The average molecular weight is 515 g/mol. The summed E-state index contributed by atoms with van der Waals surface area (Å²) in [7, 11) is 2.06. The predicted octanol–water partition coefficient (Wildman–Crippen LogP) is 2.07. The van der Waals surface area contributed by atoms with E-state index in [1.807, 2.05) is 6.07 Å². The number of H-pyrrole nitrogens is 1. The second-order valence-electron chi connectivity index (χ2n) is 9.17. The number of benzene rings is 1. The number of nitrogens with one attached hydrogen (secondary N) is 3. The Balaban J connectivity index is 1.30. The van der Waals surface area contributed by atoms with Crippen molar-refractivity contribution in [3.05, 3.63) is 50.6 Å². The molecule has 5 rings (SSSR count). The number of halogens is 1. The quantitative estimate of drug-likeness (QED) is 0.416. The molecule has 2 amide bonds. The summed E-state index contributed by atoms with van der Waals surface area (Å²) in [5.74, 6) is -0.486. The van der Waals surface area contributed by atoms with Gasteiger partial charge in [-0.2, -0.15) is 0 Å². The van der Waals surface area contributed by atoms with E-state index in [1.54, 1.807) is 18.2 Å². The number of aromatic nitrogens is 2. The molecule has 0 bridgehead atoms. The van der Waals surface area contributed by atoms with Crippen molar-refractivity contribution in [1.29, 1.82) is 0 Å². The topological polar surface area (TPSA) is 110 Å². The summed E-state index contributed by atoms with van der Waals surface area (Å²) in [5, 5.41) is 8.06. The molecule has 0 spiro atoms. The van der Waals surface area contributed by atoms with Gasteiger partial charge in [0.2, 0.25) is 0 Å². The molecule has 11 heteroatoms. The van der Waals surface area contributed by atoms with E-state index in [1.165, 1.54) is 11.3 Å². The molecule has 3 N–H and O–H groups in total. The van der Waals surface area contributed by atoms with Gasteiger partial charge in [-0.25, -0.2) is 4.98 Å². The normalized spacial score (nSPS) is 20.6. The van der Waals surface area contributed by atoms with Gasteiger partial charge in [0, 0.05) is 66.4 Å². The molecule has 4 heterocycles. The van der Waals surface area contributed by atoms with Crippen molar-refractivity contribution < 1.29 is 14.4 Å². The highest BCUT2D eigenvalue weighted by Gasteiger charge is 2.36. The number of nitrogens with zero attached hydrogens (tertiary/aromatic N) is 3. The number of thiazole rings is 1. The number of likely N-dealkylation sites (N-methyl/N-ethyl adjacent to an activating group) is 1. The highest BCUT2D eigenvalue weighted by molar-refractivity contribution is 7.13. The Morgan fingerprint density at radius 3 is 2.77 bits per heavy atom. The van der Waals surface area contributed by atoms with Crippen LogP contribution in [0.5, 0.6) is 0 Å². The van der Waals surface area contributed by atoms with E-state index in [4.69, 9.17) is 11.6 Å². The Hall–Kier alpha value is -2.79. The van der Waals surface area contributed by atoms with Gasteiger partial charge in [0.1, 0.15) is 12.0 Å². The minimum atomic E-state index is -0.311. The van der Waals surface area contributed by atoms with Crippen LogP contribution >= 0.6 is 22.9 Å². The minimum Gasteiger partial charge on any atom is -0.351 e. The van der Waals surface area contributed by atoms with Crippen LogP contribution in [0.25, 0.3) is 10.9 Å². The Kier molecular flexibility index (Phi) is 6.88. The van der Waals surface area contributed by atoms with Gasteiger partial charge in [-0.1, -0.05) is 11.6 Å². The first-order valence-corrected chi connectivity index (χ1v) is 12.8. The van der Waals surface area contributed by atoms with E-state index in [0.717, 1.165) is 47.3 Å². The van der Waals surface area contributed by atoms with Gasteiger partial charge in [0.05, 0.1) is 17.8 Å². The molecule has 1 aromatic carbocycles. The fourth-order valence-corrected chi connectivity index (χ4v) is 5.99. The van der Waals surface area contributed by atoms with Crippen molar-refractivity contribution in [1.82, 2.24) is 30.4 Å². The summed E-state index contributed by atoms with van der Waals surface area (Å²) in [6.07, 6.45) is 2.12. The Bertz CT molecular complexity index is 1270. The second kappa shape index (κ2) is 10.1. The molecule has 0 unspecified atom stereocenters. The fraction of sp³-hybridized carbons (Fsp3) is 0.417. The number of likely N-dealkylation sites (tertiary alicyclic amines) is 1. The first-order chi connectivity index (χ1) is 16.9. The van der Waals surface area contributed by atoms with Gasteiger partial charge < -0.3 is 25.3 Å². The number of carbonyl (C=O) groups excluding carboxylic acids is 3. The Labute approximate surface area is 211 Å². The van der Waals surface area contributed by atoms with Gasteiger partial charge in [-0.15, -0.1) is 11.3 Å². The van der Waals surface area contributed by atoms with E-state index in [9.17, 15) is 14.4 Å². The van der Waals surface area contributed by atoms with Crippen molar-refractivity contribution >= 4 is 51.9 Å². The summed E-state index contributed by atoms with van der Waals surface area (Å²) in [4.78, 5) is 50.2. The monoisotopic (exact) mass is 514 g/mol. The molecule has 2 aliphatic heterocycles. The standard InChI is InChI=1S/C24H27ClN6O3S/c1-30-7-5-17-21(13-30)35-24(29-17)23(34)28-20-12-31(6-2-8-32)11-19(20)27-22(33)18-10-14-9-15(25)3-4-16(14)26-18/h3-4,8-10,19-20,26H,2,5-7,11-13H2,1H3,(H,27,33)(H,28,34)/t19-,20-/m1/s1. The first kappa shape index (κ1) is 23.9. The van der Waals surface area contributed by atoms with E-state index in [0.29, 0.717) is 41.8 Å². The van der Waals surface area contributed by atoms with Crippen LogP contribution in [0, 0.1) is 0 Å². The van der Waals surface area contributed by atoms with Gasteiger partial charge in [0.15, 0.2) is 5.01 Å². The van der Waals surface area contributed by atoms with Crippen LogP contribution in [-0.4, -0.2) is 83.2 Å². The molecule has 0 saturated carbocycles. The summed E-state index contributed by atoms with van der Waals surface area (Å²) in [5.41, 5.74) is 2.25. The third-order valence-electron chi connectivity index (χ3n) is 6.54.